The van der Waals surface area contributed by atoms with E-state index in [9.17, 15) is 18.0 Å². The Labute approximate surface area is 115 Å². The lowest BCUT2D eigenvalue weighted by Gasteiger charge is -2.31. The van der Waals surface area contributed by atoms with Gasteiger partial charge in [-0.1, -0.05) is 6.92 Å². The maximum Gasteiger partial charge on any atom is 0.418 e. The van der Waals surface area contributed by atoms with Crippen LogP contribution in [-0.2, 0) is 6.18 Å². The fraction of sp³-hybridized carbons (Fsp3) is 0.500. The first-order valence-electron chi connectivity index (χ1n) is 6.55. The second-order valence-electron chi connectivity index (χ2n) is 5.30. The van der Waals surface area contributed by atoms with Crippen molar-refractivity contribution < 1.29 is 18.0 Å². The molecule has 2 rings (SSSR count). The van der Waals surface area contributed by atoms with E-state index in [1.807, 2.05) is 6.92 Å². The molecule has 20 heavy (non-hydrogen) atoms. The molecule has 1 aromatic carbocycles. The minimum Gasteiger partial charge on any atom is -0.398 e. The summed E-state index contributed by atoms with van der Waals surface area (Å²) in [7, 11) is 0. The molecule has 1 heterocycles. The topological polar surface area (TPSA) is 46.3 Å². The van der Waals surface area contributed by atoms with Crippen LogP contribution in [0.5, 0.6) is 0 Å². The van der Waals surface area contributed by atoms with Gasteiger partial charge in [0.1, 0.15) is 0 Å². The summed E-state index contributed by atoms with van der Waals surface area (Å²) in [6, 6.07) is 3.34. The van der Waals surface area contributed by atoms with E-state index in [1.165, 1.54) is 6.07 Å². The van der Waals surface area contributed by atoms with Crippen molar-refractivity contribution in [3.63, 3.8) is 0 Å². The molecular weight excluding hydrogens is 269 g/mol. The van der Waals surface area contributed by atoms with Crippen LogP contribution in [0, 0.1) is 5.92 Å². The molecule has 0 saturated carbocycles. The van der Waals surface area contributed by atoms with Crippen molar-refractivity contribution in [3.8, 4) is 0 Å². The van der Waals surface area contributed by atoms with Crippen molar-refractivity contribution in [2.24, 2.45) is 5.92 Å². The minimum atomic E-state index is -4.55. The molecule has 0 radical (unpaired) electrons. The Morgan fingerprint density at radius 3 is 2.70 bits per heavy atom. The lowest BCUT2D eigenvalue weighted by atomic mass is 9.99. The third-order valence-electron chi connectivity index (χ3n) is 3.55. The third kappa shape index (κ3) is 3.05. The zero-order valence-electron chi connectivity index (χ0n) is 11.2. The summed E-state index contributed by atoms with van der Waals surface area (Å²) < 4.78 is 38.4. The number of piperidine rings is 1. The van der Waals surface area contributed by atoms with Crippen molar-refractivity contribution in [1.29, 1.82) is 0 Å². The molecule has 0 spiro atoms. The number of nitrogens with two attached hydrogens (primary N) is 1. The molecule has 0 aliphatic carbocycles. The molecule has 6 heteroatoms. The summed E-state index contributed by atoms with van der Waals surface area (Å²) in [5, 5.41) is 0. The van der Waals surface area contributed by atoms with Gasteiger partial charge in [0.2, 0.25) is 0 Å². The number of amides is 1. The van der Waals surface area contributed by atoms with Crippen LogP contribution in [0.25, 0.3) is 0 Å². The minimum absolute atomic E-state index is 0.0422. The van der Waals surface area contributed by atoms with Gasteiger partial charge in [-0.3, -0.25) is 4.79 Å². The van der Waals surface area contributed by atoms with E-state index in [0.29, 0.717) is 19.0 Å². The number of anilines is 1. The number of rotatable bonds is 1. The van der Waals surface area contributed by atoms with E-state index in [1.54, 1.807) is 4.90 Å². The number of nitrogens with zero attached hydrogens (tertiary/aromatic N) is 1. The van der Waals surface area contributed by atoms with Crippen molar-refractivity contribution in [3.05, 3.63) is 29.3 Å². The number of halogens is 3. The first-order valence-corrected chi connectivity index (χ1v) is 6.55. The highest BCUT2D eigenvalue weighted by Gasteiger charge is 2.34. The normalized spacial score (nSPS) is 20.0. The van der Waals surface area contributed by atoms with Crippen molar-refractivity contribution in [1.82, 2.24) is 4.90 Å². The zero-order valence-corrected chi connectivity index (χ0v) is 11.2. The van der Waals surface area contributed by atoms with Gasteiger partial charge >= 0.3 is 6.18 Å². The summed E-state index contributed by atoms with van der Waals surface area (Å²) in [5.41, 5.74) is 4.06. The third-order valence-corrected chi connectivity index (χ3v) is 3.55. The van der Waals surface area contributed by atoms with Gasteiger partial charge in [-0.05, 0) is 37.0 Å². The lowest BCUT2D eigenvalue weighted by Crippen LogP contribution is -2.39. The number of likely N-dealkylation sites (tertiary alicyclic amines) is 1. The van der Waals surface area contributed by atoms with Gasteiger partial charge in [0.25, 0.3) is 5.91 Å². The summed E-state index contributed by atoms with van der Waals surface area (Å²) in [5.74, 6) is 0.0191. The van der Waals surface area contributed by atoms with Crippen LogP contribution in [0.3, 0.4) is 0 Å². The van der Waals surface area contributed by atoms with Gasteiger partial charge in [-0.2, -0.15) is 13.2 Å². The molecule has 3 nitrogen and oxygen atoms in total. The molecule has 1 fully saturated rings. The number of alkyl halides is 3. The quantitative estimate of drug-likeness (QED) is 0.806. The van der Waals surface area contributed by atoms with E-state index in [0.717, 1.165) is 25.0 Å². The van der Waals surface area contributed by atoms with Gasteiger partial charge in [-0.25, -0.2) is 0 Å². The van der Waals surface area contributed by atoms with Crippen molar-refractivity contribution in [2.75, 3.05) is 18.8 Å². The van der Waals surface area contributed by atoms with Crippen LogP contribution in [0.4, 0.5) is 18.9 Å². The molecule has 1 atom stereocenters. The largest absolute Gasteiger partial charge is 0.418 e. The van der Waals surface area contributed by atoms with Gasteiger partial charge in [-0.15, -0.1) is 0 Å². The van der Waals surface area contributed by atoms with Gasteiger partial charge < -0.3 is 10.6 Å². The highest BCUT2D eigenvalue weighted by molar-refractivity contribution is 5.95. The molecule has 110 valence electrons. The Morgan fingerprint density at radius 2 is 2.10 bits per heavy atom. The van der Waals surface area contributed by atoms with Gasteiger partial charge in [0.05, 0.1) is 5.56 Å². The van der Waals surface area contributed by atoms with Crippen LogP contribution in [0.2, 0.25) is 0 Å². The Bertz CT molecular complexity index is 514. The predicted octanol–water partition coefficient (Wildman–Crippen LogP) is 3.16. The number of carbonyl (C=O) groups is 1. The highest BCUT2D eigenvalue weighted by Crippen LogP contribution is 2.34. The predicted molar refractivity (Wildman–Crippen MR) is 70.2 cm³/mol. The number of hydrogen-bond donors (Lipinski definition) is 1. The maximum atomic E-state index is 12.8. The molecule has 0 bridgehead atoms. The summed E-state index contributed by atoms with van der Waals surface area (Å²) in [6.07, 6.45) is -2.62. The van der Waals surface area contributed by atoms with Gasteiger partial charge in [0.15, 0.2) is 0 Å². The standard InChI is InChI=1S/C14H17F3N2O/c1-9-3-2-6-19(8-9)13(20)10-4-5-12(18)11(7-10)14(15,16)17/h4-5,7,9H,2-3,6,8,18H2,1H3. The molecule has 1 saturated heterocycles. The average Bonchev–Trinajstić information content (AvgIpc) is 2.37. The molecule has 0 aromatic heterocycles. The molecule has 1 unspecified atom stereocenters. The Kier molecular flexibility index (Phi) is 3.92. The van der Waals surface area contributed by atoms with Crippen LogP contribution in [0.1, 0.15) is 35.7 Å². The smallest absolute Gasteiger partial charge is 0.398 e. The molecule has 1 aliphatic rings. The second-order valence-corrected chi connectivity index (χ2v) is 5.30. The highest BCUT2D eigenvalue weighted by atomic mass is 19.4. The summed E-state index contributed by atoms with van der Waals surface area (Å²) in [6.45, 7) is 3.21. The average molecular weight is 286 g/mol. The second kappa shape index (κ2) is 5.34. The summed E-state index contributed by atoms with van der Waals surface area (Å²) in [4.78, 5) is 13.9. The lowest BCUT2D eigenvalue weighted by molar-refractivity contribution is -0.136. The van der Waals surface area contributed by atoms with Crippen molar-refractivity contribution >= 4 is 11.6 Å². The maximum absolute atomic E-state index is 12.8. The fourth-order valence-corrected chi connectivity index (χ4v) is 2.49. The van der Waals surface area contributed by atoms with Crippen LogP contribution >= 0.6 is 0 Å². The monoisotopic (exact) mass is 286 g/mol. The van der Waals surface area contributed by atoms with Crippen molar-refractivity contribution in [2.45, 2.75) is 25.9 Å². The van der Waals surface area contributed by atoms with Gasteiger partial charge in [0, 0.05) is 24.3 Å². The van der Waals surface area contributed by atoms with Crippen LogP contribution < -0.4 is 5.73 Å². The van der Waals surface area contributed by atoms with E-state index in [4.69, 9.17) is 5.73 Å². The molecule has 2 N–H and O–H groups in total. The number of nitrogen functional groups attached to an aromatic ring is 1. The molecular formula is C14H17F3N2O. The molecule has 1 amide bonds. The SMILES string of the molecule is CC1CCCN(C(=O)c2ccc(N)c(C(F)(F)F)c2)C1. The first-order chi connectivity index (χ1) is 9.29. The molecule has 1 aromatic rings. The Balaban J connectivity index is 2.26. The summed E-state index contributed by atoms with van der Waals surface area (Å²) >= 11 is 0. The van der Waals surface area contributed by atoms with E-state index < -0.39 is 11.7 Å². The zero-order chi connectivity index (χ0) is 14.9. The molecule has 1 aliphatic heterocycles. The van der Waals surface area contributed by atoms with Crippen LogP contribution in [0.15, 0.2) is 18.2 Å². The number of hydrogen-bond acceptors (Lipinski definition) is 2. The number of benzene rings is 1. The fourth-order valence-electron chi connectivity index (χ4n) is 2.49. The van der Waals surface area contributed by atoms with E-state index >= 15 is 0 Å². The first kappa shape index (κ1) is 14.7. The van der Waals surface area contributed by atoms with Crippen LogP contribution in [-0.4, -0.2) is 23.9 Å². The Morgan fingerprint density at radius 1 is 1.40 bits per heavy atom. The number of carbonyl (C=O) groups excluding carboxylic acids is 1. The van der Waals surface area contributed by atoms with E-state index in [2.05, 4.69) is 0 Å². The van der Waals surface area contributed by atoms with E-state index in [-0.39, 0.29) is 17.2 Å². The Hall–Kier alpha value is -1.72.